The Balaban J connectivity index is 1.57. The van der Waals surface area contributed by atoms with E-state index < -0.39 is 0 Å². The van der Waals surface area contributed by atoms with Gasteiger partial charge in [0.05, 0.1) is 6.61 Å². The summed E-state index contributed by atoms with van der Waals surface area (Å²) in [4.78, 5) is 16.1. The molecule has 138 valence electrons. The summed E-state index contributed by atoms with van der Waals surface area (Å²) in [5, 5.41) is 2.79. The molecular formula is C21H20N2O4. The Hall–Kier alpha value is -3.54. The fraction of sp³-hybridized carbons (Fsp3) is 0.143. The molecule has 0 radical (unpaired) electrons. The van der Waals surface area contributed by atoms with Gasteiger partial charge in [-0.25, -0.2) is 0 Å². The smallest absolute Gasteiger partial charge is 0.262 e. The minimum Gasteiger partial charge on any atom is -0.490 e. The predicted octanol–water partition coefficient (Wildman–Crippen LogP) is 4.29. The van der Waals surface area contributed by atoms with Gasteiger partial charge in [-0.05, 0) is 43.3 Å². The van der Waals surface area contributed by atoms with Crippen LogP contribution in [0, 0.1) is 0 Å². The van der Waals surface area contributed by atoms with Crippen molar-refractivity contribution < 1.29 is 19.0 Å². The third-order valence-corrected chi connectivity index (χ3v) is 3.51. The van der Waals surface area contributed by atoms with E-state index in [1.165, 1.54) is 0 Å². The van der Waals surface area contributed by atoms with E-state index in [2.05, 4.69) is 10.3 Å². The van der Waals surface area contributed by atoms with E-state index in [1.807, 2.05) is 25.1 Å². The fourth-order valence-electron chi connectivity index (χ4n) is 2.36. The average molecular weight is 364 g/mol. The number of nitrogens with one attached hydrogen (secondary N) is 1. The minimum absolute atomic E-state index is 0.125. The number of nitrogens with zero attached hydrogens (tertiary/aromatic N) is 1. The minimum atomic E-state index is -0.276. The number of para-hydroxylation sites is 2. The lowest BCUT2D eigenvalue weighted by Gasteiger charge is -2.12. The second-order valence-corrected chi connectivity index (χ2v) is 5.53. The number of anilines is 1. The molecule has 6 nitrogen and oxygen atoms in total. The van der Waals surface area contributed by atoms with Gasteiger partial charge in [0.1, 0.15) is 11.5 Å². The van der Waals surface area contributed by atoms with Crippen LogP contribution in [0.2, 0.25) is 0 Å². The molecule has 0 aliphatic heterocycles. The Bertz CT molecular complexity index is 884. The highest BCUT2D eigenvalue weighted by molar-refractivity contribution is 5.92. The Morgan fingerprint density at radius 1 is 0.926 bits per heavy atom. The third kappa shape index (κ3) is 5.47. The van der Waals surface area contributed by atoms with E-state index in [-0.39, 0.29) is 12.5 Å². The molecule has 0 saturated heterocycles. The second kappa shape index (κ2) is 9.24. The number of rotatable bonds is 8. The number of amides is 1. The molecule has 1 N–H and O–H groups in total. The van der Waals surface area contributed by atoms with Crippen LogP contribution in [0.4, 0.5) is 5.69 Å². The number of hydrogen-bond acceptors (Lipinski definition) is 5. The van der Waals surface area contributed by atoms with Crippen molar-refractivity contribution in [3.05, 3.63) is 73.1 Å². The predicted molar refractivity (Wildman–Crippen MR) is 102 cm³/mol. The maximum absolute atomic E-state index is 12.2. The van der Waals surface area contributed by atoms with Gasteiger partial charge in [0, 0.05) is 24.1 Å². The van der Waals surface area contributed by atoms with Gasteiger partial charge in [-0.3, -0.25) is 9.78 Å². The topological polar surface area (TPSA) is 69.7 Å². The molecule has 0 atom stereocenters. The van der Waals surface area contributed by atoms with Crippen LogP contribution in [0.25, 0.3) is 0 Å². The number of carbonyl (C=O) groups excluding carboxylic acids is 1. The summed E-state index contributed by atoms with van der Waals surface area (Å²) in [5.41, 5.74) is 0.619. The number of ether oxygens (including phenoxy) is 3. The molecule has 1 aromatic heterocycles. The Kier molecular flexibility index (Phi) is 6.25. The summed E-state index contributed by atoms with van der Waals surface area (Å²) in [5.74, 6) is 2.15. The number of hydrogen-bond donors (Lipinski definition) is 1. The molecule has 0 bridgehead atoms. The van der Waals surface area contributed by atoms with Gasteiger partial charge in [-0.2, -0.15) is 0 Å². The van der Waals surface area contributed by atoms with Crippen LogP contribution >= 0.6 is 0 Å². The van der Waals surface area contributed by atoms with Gasteiger partial charge in [0.2, 0.25) is 0 Å². The van der Waals surface area contributed by atoms with Crippen molar-refractivity contribution in [3.63, 3.8) is 0 Å². The lowest BCUT2D eigenvalue weighted by atomic mass is 10.3. The van der Waals surface area contributed by atoms with Gasteiger partial charge < -0.3 is 19.5 Å². The van der Waals surface area contributed by atoms with E-state index >= 15 is 0 Å². The highest BCUT2D eigenvalue weighted by atomic mass is 16.5. The monoisotopic (exact) mass is 364 g/mol. The first kappa shape index (κ1) is 18.3. The lowest BCUT2D eigenvalue weighted by Crippen LogP contribution is -2.20. The molecule has 0 spiro atoms. The van der Waals surface area contributed by atoms with E-state index in [4.69, 9.17) is 14.2 Å². The van der Waals surface area contributed by atoms with E-state index in [0.29, 0.717) is 35.3 Å². The molecule has 6 heteroatoms. The highest BCUT2D eigenvalue weighted by Gasteiger charge is 2.08. The highest BCUT2D eigenvalue weighted by Crippen LogP contribution is 2.26. The van der Waals surface area contributed by atoms with Crippen LogP contribution in [-0.4, -0.2) is 24.1 Å². The summed E-state index contributed by atoms with van der Waals surface area (Å²) in [6.45, 7) is 2.29. The zero-order chi connectivity index (χ0) is 18.9. The SMILES string of the molecule is CCOc1ccccc1OCC(=O)Nc1cccc(Oc2ccncc2)c1. The van der Waals surface area contributed by atoms with Crippen LogP contribution in [0.1, 0.15) is 6.92 Å². The maximum Gasteiger partial charge on any atom is 0.262 e. The van der Waals surface area contributed by atoms with Crippen molar-refractivity contribution in [2.24, 2.45) is 0 Å². The van der Waals surface area contributed by atoms with Crippen molar-refractivity contribution in [1.29, 1.82) is 0 Å². The summed E-state index contributed by atoms with van der Waals surface area (Å²) in [6.07, 6.45) is 3.30. The van der Waals surface area contributed by atoms with Crippen molar-refractivity contribution in [2.45, 2.75) is 6.92 Å². The van der Waals surface area contributed by atoms with Gasteiger partial charge in [0.15, 0.2) is 18.1 Å². The summed E-state index contributed by atoms with van der Waals surface area (Å²) >= 11 is 0. The molecule has 3 rings (SSSR count). The Labute approximate surface area is 157 Å². The quantitative estimate of drug-likeness (QED) is 0.646. The standard InChI is InChI=1S/C21H20N2O4/c1-2-25-19-8-3-4-9-20(19)26-15-21(24)23-16-6-5-7-18(14-16)27-17-10-12-22-13-11-17/h3-14H,2,15H2,1H3,(H,23,24). The van der Waals surface area contributed by atoms with Crippen molar-refractivity contribution in [1.82, 2.24) is 4.98 Å². The van der Waals surface area contributed by atoms with Crippen molar-refractivity contribution in [3.8, 4) is 23.0 Å². The Morgan fingerprint density at radius 3 is 2.41 bits per heavy atom. The van der Waals surface area contributed by atoms with Crippen LogP contribution < -0.4 is 19.5 Å². The second-order valence-electron chi connectivity index (χ2n) is 5.53. The zero-order valence-electron chi connectivity index (χ0n) is 14.9. The lowest BCUT2D eigenvalue weighted by molar-refractivity contribution is -0.118. The van der Waals surface area contributed by atoms with Crippen LogP contribution in [-0.2, 0) is 4.79 Å². The van der Waals surface area contributed by atoms with Gasteiger partial charge in [0.25, 0.3) is 5.91 Å². The number of carbonyl (C=O) groups is 1. The molecule has 0 unspecified atom stereocenters. The van der Waals surface area contributed by atoms with Crippen LogP contribution in [0.3, 0.4) is 0 Å². The first-order valence-electron chi connectivity index (χ1n) is 8.57. The number of aromatic nitrogens is 1. The first-order chi connectivity index (χ1) is 13.2. The molecule has 2 aromatic carbocycles. The van der Waals surface area contributed by atoms with Crippen LogP contribution in [0.15, 0.2) is 73.1 Å². The summed E-state index contributed by atoms with van der Waals surface area (Å²) < 4.78 is 16.8. The van der Waals surface area contributed by atoms with Crippen molar-refractivity contribution in [2.75, 3.05) is 18.5 Å². The molecule has 3 aromatic rings. The Morgan fingerprint density at radius 2 is 1.67 bits per heavy atom. The summed E-state index contributed by atoms with van der Waals surface area (Å²) in [6, 6.07) is 17.9. The molecule has 27 heavy (non-hydrogen) atoms. The number of benzene rings is 2. The maximum atomic E-state index is 12.2. The fourth-order valence-corrected chi connectivity index (χ4v) is 2.36. The average Bonchev–Trinajstić information content (AvgIpc) is 2.69. The zero-order valence-corrected chi connectivity index (χ0v) is 14.9. The van der Waals surface area contributed by atoms with Crippen molar-refractivity contribution >= 4 is 11.6 Å². The van der Waals surface area contributed by atoms with Crippen LogP contribution in [0.5, 0.6) is 23.0 Å². The molecule has 0 aliphatic carbocycles. The third-order valence-electron chi connectivity index (χ3n) is 3.51. The van der Waals surface area contributed by atoms with Gasteiger partial charge >= 0.3 is 0 Å². The molecule has 0 saturated carbocycles. The van der Waals surface area contributed by atoms with E-state index in [1.54, 1.807) is 54.9 Å². The molecule has 1 heterocycles. The first-order valence-corrected chi connectivity index (χ1v) is 8.57. The van der Waals surface area contributed by atoms with Gasteiger partial charge in [-0.15, -0.1) is 0 Å². The largest absolute Gasteiger partial charge is 0.490 e. The normalized spacial score (nSPS) is 10.1. The summed E-state index contributed by atoms with van der Waals surface area (Å²) in [7, 11) is 0. The van der Waals surface area contributed by atoms with Gasteiger partial charge in [-0.1, -0.05) is 18.2 Å². The van der Waals surface area contributed by atoms with E-state index in [0.717, 1.165) is 0 Å². The molecule has 0 aliphatic rings. The van der Waals surface area contributed by atoms with E-state index in [9.17, 15) is 4.79 Å². The molecular weight excluding hydrogens is 344 g/mol. The number of pyridine rings is 1. The molecule has 0 fully saturated rings. The molecule has 1 amide bonds.